The number of fused-ring (bicyclic) bond motifs is 9. The predicted octanol–water partition coefficient (Wildman–Crippen LogP) is 9.97. The van der Waals surface area contributed by atoms with Gasteiger partial charge in [-0.3, -0.25) is 0 Å². The maximum atomic E-state index is 4.96. The van der Waals surface area contributed by atoms with Crippen molar-refractivity contribution in [2.45, 2.75) is 0 Å². The molecule has 0 saturated heterocycles. The Kier molecular flexibility index (Phi) is 5.16. The molecule has 0 aliphatic heterocycles. The molecule has 0 unspecified atom stereocenters. The first-order valence-electron chi connectivity index (χ1n) is 14.5. The van der Waals surface area contributed by atoms with Crippen LogP contribution in [0.25, 0.3) is 88.3 Å². The molecule has 4 heteroatoms. The minimum Gasteiger partial charge on any atom is -0.354 e. The first-order chi connectivity index (χ1) is 21.3. The van der Waals surface area contributed by atoms with Gasteiger partial charge in [-0.2, -0.15) is 0 Å². The molecular weight excluding hydrogens is 524 g/mol. The van der Waals surface area contributed by atoms with Crippen LogP contribution in [0, 0.1) is 0 Å². The van der Waals surface area contributed by atoms with Crippen LogP contribution >= 0.6 is 0 Å². The molecule has 4 nitrogen and oxygen atoms in total. The maximum Gasteiger partial charge on any atom is 0.164 e. The fraction of sp³-hybridized carbons (Fsp3) is 0. The molecule has 7 aromatic carbocycles. The predicted molar refractivity (Wildman–Crippen MR) is 178 cm³/mol. The molecule has 9 rings (SSSR count). The van der Waals surface area contributed by atoms with Gasteiger partial charge in [0.05, 0.1) is 0 Å². The highest BCUT2D eigenvalue weighted by Crippen LogP contribution is 2.39. The average molecular weight is 549 g/mol. The lowest BCUT2D eigenvalue weighted by atomic mass is 9.93. The lowest BCUT2D eigenvalue weighted by molar-refractivity contribution is 1.07. The number of aromatic amines is 1. The van der Waals surface area contributed by atoms with Crippen LogP contribution in [0.2, 0.25) is 0 Å². The van der Waals surface area contributed by atoms with Gasteiger partial charge in [-0.25, -0.2) is 15.0 Å². The molecular formula is C39H24N4. The normalized spacial score (nSPS) is 11.7. The number of nitrogens with zero attached hydrogens (tertiary/aromatic N) is 3. The second-order valence-corrected chi connectivity index (χ2v) is 11.0. The maximum absolute atomic E-state index is 4.96. The number of aromatic nitrogens is 4. The third-order valence-corrected chi connectivity index (χ3v) is 8.42. The largest absolute Gasteiger partial charge is 0.354 e. The highest BCUT2D eigenvalue weighted by molar-refractivity contribution is 6.28. The van der Waals surface area contributed by atoms with Crippen molar-refractivity contribution >= 4 is 54.1 Å². The summed E-state index contributed by atoms with van der Waals surface area (Å²) in [5, 5.41) is 9.93. The molecule has 2 heterocycles. The molecule has 43 heavy (non-hydrogen) atoms. The fourth-order valence-corrected chi connectivity index (χ4v) is 6.38. The van der Waals surface area contributed by atoms with E-state index in [2.05, 4.69) is 83.8 Å². The van der Waals surface area contributed by atoms with Crippen LogP contribution in [0.3, 0.4) is 0 Å². The summed E-state index contributed by atoms with van der Waals surface area (Å²) in [7, 11) is 0. The number of nitrogens with one attached hydrogen (secondary N) is 1. The van der Waals surface area contributed by atoms with E-state index in [-0.39, 0.29) is 0 Å². The van der Waals surface area contributed by atoms with E-state index in [1.54, 1.807) is 0 Å². The van der Waals surface area contributed by atoms with Gasteiger partial charge in [-0.1, -0.05) is 109 Å². The van der Waals surface area contributed by atoms with Gasteiger partial charge in [0.1, 0.15) is 0 Å². The van der Waals surface area contributed by atoms with Gasteiger partial charge in [-0.05, 0) is 62.6 Å². The van der Waals surface area contributed by atoms with Crippen molar-refractivity contribution in [1.82, 2.24) is 19.9 Å². The van der Waals surface area contributed by atoms with Crippen LogP contribution in [0.15, 0.2) is 140 Å². The Labute approximate surface area is 247 Å². The Bertz CT molecular complexity index is 2440. The molecule has 200 valence electrons. The minimum atomic E-state index is 0.654. The van der Waals surface area contributed by atoms with Crippen molar-refractivity contribution in [3.8, 4) is 34.2 Å². The first-order valence-corrected chi connectivity index (χ1v) is 14.5. The van der Waals surface area contributed by atoms with E-state index in [0.29, 0.717) is 17.5 Å². The molecule has 0 atom stereocenters. The van der Waals surface area contributed by atoms with Gasteiger partial charge in [-0.15, -0.1) is 0 Å². The topological polar surface area (TPSA) is 54.5 Å². The Hall–Kier alpha value is -5.87. The molecule has 1 N–H and O–H groups in total. The summed E-state index contributed by atoms with van der Waals surface area (Å²) < 4.78 is 0. The molecule has 0 radical (unpaired) electrons. The van der Waals surface area contributed by atoms with E-state index in [1.165, 1.54) is 37.7 Å². The lowest BCUT2D eigenvalue weighted by Crippen LogP contribution is -2.00. The van der Waals surface area contributed by atoms with Crippen LogP contribution in [0.5, 0.6) is 0 Å². The average Bonchev–Trinajstić information content (AvgIpc) is 3.45. The summed E-state index contributed by atoms with van der Waals surface area (Å²) in [5.74, 6) is 1.97. The molecule has 9 aromatic rings. The first kappa shape index (κ1) is 23.8. The van der Waals surface area contributed by atoms with Crippen molar-refractivity contribution in [2.75, 3.05) is 0 Å². The standard InChI is InChI=1S/C39H24N4/c1-3-11-24(12-4-1)37-41-38(25-13-5-2-6-14-25)43-39(42-37)26-19-20-35-33(21-26)34-22-31-29-17-9-7-15-27(29)28-16-8-10-18-30(28)32(31)23-36(34)40-35/h1-23,40H. The molecule has 0 aliphatic rings. The Morgan fingerprint density at radius 3 is 1.30 bits per heavy atom. The zero-order chi connectivity index (χ0) is 28.3. The van der Waals surface area contributed by atoms with Gasteiger partial charge in [0.15, 0.2) is 17.5 Å². The van der Waals surface area contributed by atoms with Gasteiger partial charge < -0.3 is 4.98 Å². The van der Waals surface area contributed by atoms with Gasteiger partial charge in [0.25, 0.3) is 0 Å². The highest BCUT2D eigenvalue weighted by atomic mass is 15.0. The molecule has 2 aromatic heterocycles. The quantitative estimate of drug-likeness (QED) is 0.224. The molecule has 0 bridgehead atoms. The number of H-pyrrole nitrogens is 1. The smallest absolute Gasteiger partial charge is 0.164 e. The fourth-order valence-electron chi connectivity index (χ4n) is 6.38. The molecule has 0 amide bonds. The summed E-state index contributed by atoms with van der Waals surface area (Å²) in [5.41, 5.74) is 5.08. The summed E-state index contributed by atoms with van der Waals surface area (Å²) in [6.45, 7) is 0. The van der Waals surface area contributed by atoms with Crippen molar-refractivity contribution < 1.29 is 0 Å². The van der Waals surface area contributed by atoms with Crippen LogP contribution in [-0.4, -0.2) is 19.9 Å². The summed E-state index contributed by atoms with van der Waals surface area (Å²) in [4.78, 5) is 18.5. The third kappa shape index (κ3) is 3.81. The minimum absolute atomic E-state index is 0.654. The molecule has 0 fully saturated rings. The summed E-state index contributed by atoms with van der Waals surface area (Å²) in [6.07, 6.45) is 0. The van der Waals surface area contributed by atoms with Crippen LogP contribution in [0.4, 0.5) is 0 Å². The van der Waals surface area contributed by atoms with E-state index in [0.717, 1.165) is 33.1 Å². The van der Waals surface area contributed by atoms with Gasteiger partial charge in [0.2, 0.25) is 0 Å². The van der Waals surface area contributed by atoms with E-state index in [1.807, 2.05) is 60.7 Å². The molecule has 0 aliphatic carbocycles. The van der Waals surface area contributed by atoms with E-state index in [9.17, 15) is 0 Å². The van der Waals surface area contributed by atoms with Gasteiger partial charge >= 0.3 is 0 Å². The number of rotatable bonds is 3. The van der Waals surface area contributed by atoms with Crippen LogP contribution in [-0.2, 0) is 0 Å². The second-order valence-electron chi connectivity index (χ2n) is 11.0. The van der Waals surface area contributed by atoms with Crippen molar-refractivity contribution in [2.24, 2.45) is 0 Å². The lowest BCUT2D eigenvalue weighted by Gasteiger charge is -2.10. The molecule has 0 spiro atoms. The zero-order valence-corrected chi connectivity index (χ0v) is 23.1. The second kappa shape index (κ2) is 9.33. The summed E-state index contributed by atoms with van der Waals surface area (Å²) in [6, 6.07) is 48.7. The monoisotopic (exact) mass is 548 g/mol. The third-order valence-electron chi connectivity index (χ3n) is 8.42. The van der Waals surface area contributed by atoms with Crippen molar-refractivity contribution in [3.05, 3.63) is 140 Å². The summed E-state index contributed by atoms with van der Waals surface area (Å²) >= 11 is 0. The van der Waals surface area contributed by atoms with E-state index in [4.69, 9.17) is 15.0 Å². The zero-order valence-electron chi connectivity index (χ0n) is 23.1. The van der Waals surface area contributed by atoms with Crippen molar-refractivity contribution in [3.63, 3.8) is 0 Å². The Balaban J connectivity index is 1.29. The van der Waals surface area contributed by atoms with E-state index < -0.39 is 0 Å². The highest BCUT2D eigenvalue weighted by Gasteiger charge is 2.15. The molecule has 0 saturated carbocycles. The number of hydrogen-bond acceptors (Lipinski definition) is 3. The Morgan fingerprint density at radius 2 is 0.744 bits per heavy atom. The Morgan fingerprint density at radius 1 is 0.302 bits per heavy atom. The SMILES string of the molecule is c1ccc(-c2nc(-c3ccccc3)nc(-c3ccc4[nH]c5cc6c7ccccc7c7ccccc7c6cc5c4c3)n2)cc1. The van der Waals surface area contributed by atoms with E-state index >= 15 is 0 Å². The number of benzene rings is 7. The van der Waals surface area contributed by atoms with Crippen molar-refractivity contribution in [1.29, 1.82) is 0 Å². The van der Waals surface area contributed by atoms with Crippen LogP contribution < -0.4 is 0 Å². The van der Waals surface area contributed by atoms with Gasteiger partial charge in [0, 0.05) is 38.5 Å². The van der Waals surface area contributed by atoms with Crippen LogP contribution in [0.1, 0.15) is 0 Å². The number of hydrogen-bond donors (Lipinski definition) is 1.